The zero-order valence-corrected chi connectivity index (χ0v) is 13.3. The van der Waals surface area contributed by atoms with Crippen LogP contribution in [0.25, 0.3) is 0 Å². The number of hydrogen-bond donors (Lipinski definition) is 1. The lowest BCUT2D eigenvalue weighted by molar-refractivity contribution is 0.414. The van der Waals surface area contributed by atoms with Crippen LogP contribution in [-0.2, 0) is 0 Å². The topological polar surface area (TPSA) is 53.1 Å². The van der Waals surface area contributed by atoms with Crippen molar-refractivity contribution in [1.82, 2.24) is 9.55 Å². The van der Waals surface area contributed by atoms with E-state index < -0.39 is 0 Å². The number of methoxy groups -OCH3 is 1. The van der Waals surface area contributed by atoms with E-state index >= 15 is 0 Å². The minimum absolute atomic E-state index is 0.0215. The first kappa shape index (κ1) is 15.6. The van der Waals surface area contributed by atoms with Crippen molar-refractivity contribution in [3.63, 3.8) is 0 Å². The van der Waals surface area contributed by atoms with E-state index in [2.05, 4.69) is 42.5 Å². The Morgan fingerprint density at radius 1 is 1.19 bits per heavy atom. The van der Waals surface area contributed by atoms with Crippen LogP contribution in [0.15, 0.2) is 36.8 Å². The minimum atomic E-state index is 0.0215. The summed E-state index contributed by atoms with van der Waals surface area (Å²) in [5, 5.41) is 0. The third kappa shape index (κ3) is 3.64. The number of ether oxygens (including phenoxy) is 1. The molecule has 1 aromatic carbocycles. The molecule has 0 spiro atoms. The molecule has 21 heavy (non-hydrogen) atoms. The van der Waals surface area contributed by atoms with Crippen LogP contribution < -0.4 is 10.5 Å². The largest absolute Gasteiger partial charge is 0.497 e. The summed E-state index contributed by atoms with van der Waals surface area (Å²) in [4.78, 5) is 4.29. The number of nitrogens with two attached hydrogens (primary N) is 1. The molecule has 0 bridgehead atoms. The highest BCUT2D eigenvalue weighted by Gasteiger charge is 2.17. The van der Waals surface area contributed by atoms with E-state index in [1.165, 1.54) is 5.56 Å². The van der Waals surface area contributed by atoms with Crippen LogP contribution >= 0.6 is 0 Å². The van der Waals surface area contributed by atoms with Gasteiger partial charge in [-0.3, -0.25) is 0 Å². The summed E-state index contributed by atoms with van der Waals surface area (Å²) in [5.74, 6) is 1.44. The first-order chi connectivity index (χ1) is 10.0. The molecule has 4 nitrogen and oxygen atoms in total. The zero-order chi connectivity index (χ0) is 15.4. The van der Waals surface area contributed by atoms with Crippen molar-refractivity contribution in [3.05, 3.63) is 48.0 Å². The van der Waals surface area contributed by atoms with E-state index in [0.29, 0.717) is 5.92 Å². The van der Waals surface area contributed by atoms with Crippen LogP contribution in [0.4, 0.5) is 0 Å². The van der Waals surface area contributed by atoms with Gasteiger partial charge in [0.1, 0.15) is 5.75 Å². The molecule has 0 saturated heterocycles. The van der Waals surface area contributed by atoms with Gasteiger partial charge in [0.2, 0.25) is 0 Å². The van der Waals surface area contributed by atoms with Gasteiger partial charge in [-0.25, -0.2) is 4.98 Å². The van der Waals surface area contributed by atoms with E-state index in [4.69, 9.17) is 10.5 Å². The summed E-state index contributed by atoms with van der Waals surface area (Å²) < 4.78 is 7.37. The molecule has 2 atom stereocenters. The number of benzene rings is 1. The molecule has 4 heteroatoms. The molecule has 0 fully saturated rings. The van der Waals surface area contributed by atoms with Crippen LogP contribution in [0.3, 0.4) is 0 Å². The van der Waals surface area contributed by atoms with Crippen molar-refractivity contribution in [3.8, 4) is 5.75 Å². The number of hydrogen-bond acceptors (Lipinski definition) is 3. The van der Waals surface area contributed by atoms with Gasteiger partial charge in [-0.2, -0.15) is 0 Å². The lowest BCUT2D eigenvalue weighted by Crippen LogP contribution is -2.19. The van der Waals surface area contributed by atoms with Crippen LogP contribution in [-0.4, -0.2) is 16.7 Å². The van der Waals surface area contributed by atoms with E-state index in [1.54, 1.807) is 7.11 Å². The maximum Gasteiger partial charge on any atom is 0.118 e. The minimum Gasteiger partial charge on any atom is -0.497 e. The van der Waals surface area contributed by atoms with E-state index in [-0.39, 0.29) is 12.1 Å². The highest BCUT2D eigenvalue weighted by molar-refractivity contribution is 5.29. The second kappa shape index (κ2) is 6.76. The Hall–Kier alpha value is -1.81. The maximum absolute atomic E-state index is 6.32. The van der Waals surface area contributed by atoms with Gasteiger partial charge in [-0.15, -0.1) is 0 Å². The molecule has 1 aromatic heterocycles. The highest BCUT2D eigenvalue weighted by Crippen LogP contribution is 2.26. The van der Waals surface area contributed by atoms with Crippen molar-refractivity contribution in [2.24, 2.45) is 11.7 Å². The van der Waals surface area contributed by atoms with Gasteiger partial charge in [0.05, 0.1) is 25.2 Å². The lowest BCUT2D eigenvalue weighted by Gasteiger charge is -2.21. The second-order valence-corrected chi connectivity index (χ2v) is 5.91. The van der Waals surface area contributed by atoms with Crippen LogP contribution in [0.5, 0.6) is 5.75 Å². The van der Waals surface area contributed by atoms with Gasteiger partial charge in [-0.05, 0) is 37.0 Å². The van der Waals surface area contributed by atoms with E-state index in [0.717, 1.165) is 17.9 Å². The Bertz CT molecular complexity index is 560. The fourth-order valence-corrected chi connectivity index (χ4v) is 2.60. The summed E-state index contributed by atoms with van der Waals surface area (Å²) in [6.45, 7) is 6.54. The van der Waals surface area contributed by atoms with Crippen molar-refractivity contribution in [2.45, 2.75) is 39.3 Å². The molecule has 2 N–H and O–H groups in total. The average Bonchev–Trinajstić information content (AvgIpc) is 2.95. The summed E-state index contributed by atoms with van der Waals surface area (Å²) in [7, 11) is 1.68. The Morgan fingerprint density at radius 2 is 1.86 bits per heavy atom. The number of rotatable bonds is 6. The second-order valence-electron chi connectivity index (χ2n) is 5.91. The summed E-state index contributed by atoms with van der Waals surface area (Å²) in [6, 6.07) is 8.36. The highest BCUT2D eigenvalue weighted by atomic mass is 16.5. The lowest BCUT2D eigenvalue weighted by atomic mass is 10.0. The zero-order valence-electron chi connectivity index (χ0n) is 13.3. The molecule has 2 aromatic rings. The van der Waals surface area contributed by atoms with Crippen molar-refractivity contribution < 1.29 is 4.74 Å². The van der Waals surface area contributed by atoms with E-state index in [9.17, 15) is 0 Å². The molecule has 0 amide bonds. The molecule has 1 heterocycles. The van der Waals surface area contributed by atoms with Crippen LogP contribution in [0.2, 0.25) is 0 Å². The molecule has 0 saturated carbocycles. The quantitative estimate of drug-likeness (QED) is 0.884. The molecular formula is C17H25N3O. The third-order valence-electron chi connectivity index (χ3n) is 3.82. The fraction of sp³-hybridized carbons (Fsp3) is 0.471. The standard InChI is InChI=1S/C17H25N3O/c1-12(2)9-16(18)17-10-19-11-20(17)13(3)14-5-7-15(21-4)8-6-14/h5-8,10-13,16H,9,18H2,1-4H3. The Morgan fingerprint density at radius 3 is 2.43 bits per heavy atom. The monoisotopic (exact) mass is 287 g/mol. The summed E-state index contributed by atoms with van der Waals surface area (Å²) >= 11 is 0. The third-order valence-corrected chi connectivity index (χ3v) is 3.82. The molecule has 0 radical (unpaired) electrons. The molecule has 0 aliphatic carbocycles. The van der Waals surface area contributed by atoms with Crippen molar-refractivity contribution >= 4 is 0 Å². The Balaban J connectivity index is 2.22. The first-order valence-electron chi connectivity index (χ1n) is 7.44. The SMILES string of the molecule is COc1ccc(C(C)n2cncc2C(N)CC(C)C)cc1. The van der Waals surface area contributed by atoms with Gasteiger partial charge < -0.3 is 15.0 Å². The van der Waals surface area contributed by atoms with Gasteiger partial charge in [0, 0.05) is 12.2 Å². The van der Waals surface area contributed by atoms with Gasteiger partial charge >= 0.3 is 0 Å². The Kier molecular flexibility index (Phi) is 5.02. The van der Waals surface area contributed by atoms with Gasteiger partial charge in [0.15, 0.2) is 0 Å². The van der Waals surface area contributed by atoms with Crippen LogP contribution in [0.1, 0.15) is 50.5 Å². The Labute approximate surface area is 127 Å². The van der Waals surface area contributed by atoms with Gasteiger partial charge in [-0.1, -0.05) is 26.0 Å². The molecule has 114 valence electrons. The number of imidazole rings is 1. The predicted octanol–water partition coefficient (Wildman–Crippen LogP) is 3.55. The van der Waals surface area contributed by atoms with Gasteiger partial charge in [0.25, 0.3) is 0 Å². The molecule has 2 unspecified atom stereocenters. The summed E-state index contributed by atoms with van der Waals surface area (Å²) in [5.41, 5.74) is 8.63. The van der Waals surface area contributed by atoms with Crippen molar-refractivity contribution in [2.75, 3.05) is 7.11 Å². The van der Waals surface area contributed by atoms with Crippen LogP contribution in [0, 0.1) is 5.92 Å². The number of nitrogens with zero attached hydrogens (tertiary/aromatic N) is 2. The average molecular weight is 287 g/mol. The molecule has 0 aliphatic rings. The molecule has 2 rings (SSSR count). The predicted molar refractivity (Wildman–Crippen MR) is 85.4 cm³/mol. The normalized spacial score (nSPS) is 14.2. The van der Waals surface area contributed by atoms with E-state index in [1.807, 2.05) is 24.7 Å². The van der Waals surface area contributed by atoms with Crippen molar-refractivity contribution in [1.29, 1.82) is 0 Å². The summed E-state index contributed by atoms with van der Waals surface area (Å²) in [6.07, 6.45) is 4.71. The molecular weight excluding hydrogens is 262 g/mol. The smallest absolute Gasteiger partial charge is 0.118 e. The number of aromatic nitrogens is 2. The first-order valence-corrected chi connectivity index (χ1v) is 7.44. The maximum atomic E-state index is 6.32. The fourth-order valence-electron chi connectivity index (χ4n) is 2.60. The molecule has 0 aliphatic heterocycles.